The van der Waals surface area contributed by atoms with Crippen LogP contribution in [0.1, 0.15) is 4.88 Å². The second-order valence-corrected chi connectivity index (χ2v) is 10.9. The average molecular weight is 518 g/mol. The number of rotatable bonds is 4. The van der Waals surface area contributed by atoms with Gasteiger partial charge in [-0.15, -0.1) is 22.7 Å². The Kier molecular flexibility index (Phi) is 6.11. The van der Waals surface area contributed by atoms with E-state index in [2.05, 4.69) is 53.4 Å². The van der Waals surface area contributed by atoms with Crippen molar-refractivity contribution in [1.82, 2.24) is 4.90 Å². The molecule has 8 heteroatoms. The summed E-state index contributed by atoms with van der Waals surface area (Å²) in [6.07, 6.45) is 3.40. The van der Waals surface area contributed by atoms with Gasteiger partial charge in [0.1, 0.15) is 18.2 Å². The normalized spacial score (nSPS) is 13.5. The summed E-state index contributed by atoms with van der Waals surface area (Å²) in [7, 11) is 5.52. The van der Waals surface area contributed by atoms with E-state index in [0.29, 0.717) is 0 Å². The largest absolute Gasteiger partial charge is 0.378 e. The summed E-state index contributed by atoms with van der Waals surface area (Å²) < 4.78 is 2.33. The van der Waals surface area contributed by atoms with Crippen LogP contribution in [0.25, 0.3) is 36.7 Å². The van der Waals surface area contributed by atoms with Gasteiger partial charge in [-0.05, 0) is 64.9 Å². The van der Waals surface area contributed by atoms with Crippen molar-refractivity contribution >= 4 is 60.5 Å². The number of likely N-dealkylation sites (N-methyl/N-ethyl adjacent to an activating group) is 1. The molecule has 5 rings (SSSR count). The number of nitriles is 3. The molecule has 178 valence electrons. The highest BCUT2D eigenvalue weighted by Gasteiger charge is 2.34. The van der Waals surface area contributed by atoms with Gasteiger partial charge in [0.2, 0.25) is 0 Å². The Balaban J connectivity index is 1.48. The molecule has 4 aromatic rings. The lowest BCUT2D eigenvalue weighted by Crippen LogP contribution is -2.21. The summed E-state index contributed by atoms with van der Waals surface area (Å²) in [5, 5.41) is 30.4. The topological polar surface area (TPSA) is 94.9 Å². The maximum absolute atomic E-state index is 12.8. The van der Waals surface area contributed by atoms with Crippen LogP contribution < -0.4 is 4.90 Å². The number of hydrogen-bond acceptors (Lipinski definition) is 7. The number of benzene rings is 2. The lowest BCUT2D eigenvalue weighted by atomic mass is 10.1. The molecule has 0 N–H and O–H groups in total. The Hall–Kier alpha value is -4.68. The standard InChI is InChI=1S/C29H19N5OS2/c1-33(2)21-6-4-17(5-7-21)25-12-19-10-18-11-22(36-26(18)13-27(19)37-25)8-9-23-24(16-32)28(20(14-30)15-31)34(3)29(23)35/h4-13H,1-3H3/b9-8+. The number of fused-ring (bicyclic) bond motifs is 2. The summed E-state index contributed by atoms with van der Waals surface area (Å²) in [6.45, 7) is 0. The zero-order chi connectivity index (χ0) is 26.3. The van der Waals surface area contributed by atoms with Crippen LogP contribution in [-0.4, -0.2) is 32.0 Å². The highest BCUT2D eigenvalue weighted by atomic mass is 32.1. The summed E-state index contributed by atoms with van der Waals surface area (Å²) in [4.78, 5) is 18.2. The molecule has 0 saturated heterocycles. The van der Waals surface area contributed by atoms with Crippen LogP contribution in [-0.2, 0) is 4.79 Å². The van der Waals surface area contributed by atoms with Crippen LogP contribution in [0, 0.1) is 34.0 Å². The first-order chi connectivity index (χ1) is 17.8. The summed E-state index contributed by atoms with van der Waals surface area (Å²) in [5.74, 6) is -0.418. The number of anilines is 1. The predicted octanol–water partition coefficient (Wildman–Crippen LogP) is 6.46. The summed E-state index contributed by atoms with van der Waals surface area (Å²) in [6, 6.07) is 22.7. The van der Waals surface area contributed by atoms with Crippen LogP contribution in [0.5, 0.6) is 0 Å². The number of nitrogens with zero attached hydrogens (tertiary/aromatic N) is 5. The lowest BCUT2D eigenvalue weighted by Gasteiger charge is -2.12. The zero-order valence-corrected chi connectivity index (χ0v) is 21.9. The van der Waals surface area contributed by atoms with Gasteiger partial charge in [0, 0.05) is 46.0 Å². The van der Waals surface area contributed by atoms with E-state index < -0.39 is 5.91 Å². The number of thiophene rings is 2. The second-order valence-electron chi connectivity index (χ2n) is 8.67. The van der Waals surface area contributed by atoms with E-state index in [1.54, 1.807) is 47.0 Å². The van der Waals surface area contributed by atoms with Crippen molar-refractivity contribution in [1.29, 1.82) is 15.8 Å². The minimum Gasteiger partial charge on any atom is -0.378 e. The van der Waals surface area contributed by atoms with Crippen molar-refractivity contribution < 1.29 is 4.79 Å². The molecule has 0 atom stereocenters. The van der Waals surface area contributed by atoms with E-state index in [1.165, 1.54) is 32.5 Å². The van der Waals surface area contributed by atoms with E-state index in [1.807, 2.05) is 20.2 Å². The maximum atomic E-state index is 12.8. The Morgan fingerprint density at radius 1 is 0.919 bits per heavy atom. The molecule has 1 aliphatic heterocycles. The number of carbonyl (C=O) groups is 1. The average Bonchev–Trinajstić information content (AvgIpc) is 3.56. The molecule has 0 spiro atoms. The zero-order valence-electron chi connectivity index (χ0n) is 20.2. The lowest BCUT2D eigenvalue weighted by molar-refractivity contribution is -0.122. The van der Waals surface area contributed by atoms with Gasteiger partial charge in [0.05, 0.1) is 16.8 Å². The van der Waals surface area contributed by atoms with Gasteiger partial charge in [0.15, 0.2) is 5.57 Å². The van der Waals surface area contributed by atoms with Crippen LogP contribution in [0.15, 0.2) is 77.0 Å². The second kappa shape index (κ2) is 9.41. The first-order valence-electron chi connectivity index (χ1n) is 11.2. The van der Waals surface area contributed by atoms with Crippen molar-refractivity contribution in [2.75, 3.05) is 26.0 Å². The van der Waals surface area contributed by atoms with Crippen LogP contribution in [0.4, 0.5) is 5.69 Å². The SMILES string of the molecule is CN1C(=O)C(/C=C/c2cc3cc4cc(-c5ccc(N(C)C)cc5)sc4cc3s2)=C(C#N)C1=C(C#N)C#N. The number of allylic oxidation sites excluding steroid dienone is 2. The molecule has 37 heavy (non-hydrogen) atoms. The van der Waals surface area contributed by atoms with Crippen molar-refractivity contribution in [3.8, 4) is 28.6 Å². The molecule has 0 saturated carbocycles. The molecular weight excluding hydrogens is 498 g/mol. The van der Waals surface area contributed by atoms with Crippen LogP contribution in [0.3, 0.4) is 0 Å². The van der Waals surface area contributed by atoms with Gasteiger partial charge < -0.3 is 9.80 Å². The molecule has 3 heterocycles. The van der Waals surface area contributed by atoms with Crippen LogP contribution >= 0.6 is 22.7 Å². The molecule has 0 fully saturated rings. The minimum atomic E-state index is -0.418. The van der Waals surface area contributed by atoms with Crippen molar-refractivity contribution in [3.63, 3.8) is 0 Å². The summed E-state index contributed by atoms with van der Waals surface area (Å²) >= 11 is 3.36. The fourth-order valence-corrected chi connectivity index (χ4v) is 6.44. The molecule has 0 unspecified atom stereocenters. The smallest absolute Gasteiger partial charge is 0.259 e. The Morgan fingerprint density at radius 2 is 1.59 bits per heavy atom. The Bertz CT molecular complexity index is 1750. The van der Waals surface area contributed by atoms with E-state index in [-0.39, 0.29) is 22.4 Å². The number of hydrogen-bond donors (Lipinski definition) is 0. The molecule has 0 aliphatic carbocycles. The third-order valence-electron chi connectivity index (χ3n) is 6.21. The molecule has 1 aliphatic rings. The molecule has 0 radical (unpaired) electrons. The number of carbonyl (C=O) groups excluding carboxylic acids is 1. The quantitative estimate of drug-likeness (QED) is 0.290. The number of amides is 1. The molecule has 6 nitrogen and oxygen atoms in total. The van der Waals surface area contributed by atoms with Gasteiger partial charge in [-0.25, -0.2) is 0 Å². The molecule has 2 aromatic carbocycles. The predicted molar refractivity (Wildman–Crippen MR) is 150 cm³/mol. The van der Waals surface area contributed by atoms with Gasteiger partial charge >= 0.3 is 0 Å². The monoisotopic (exact) mass is 517 g/mol. The summed E-state index contributed by atoms with van der Waals surface area (Å²) in [5.41, 5.74) is 2.36. The van der Waals surface area contributed by atoms with Crippen molar-refractivity contribution in [2.45, 2.75) is 0 Å². The molecule has 1 amide bonds. The third kappa shape index (κ3) is 4.17. The van der Waals surface area contributed by atoms with Gasteiger partial charge in [-0.2, -0.15) is 15.8 Å². The fourth-order valence-electron chi connectivity index (χ4n) is 4.29. The van der Waals surface area contributed by atoms with Gasteiger partial charge in [-0.1, -0.05) is 12.1 Å². The first-order valence-corrected chi connectivity index (χ1v) is 12.9. The van der Waals surface area contributed by atoms with Gasteiger partial charge in [0.25, 0.3) is 5.91 Å². The van der Waals surface area contributed by atoms with Crippen molar-refractivity contribution in [3.05, 3.63) is 81.9 Å². The molecular formula is C29H19N5OS2. The maximum Gasteiger partial charge on any atom is 0.259 e. The highest BCUT2D eigenvalue weighted by molar-refractivity contribution is 7.23. The van der Waals surface area contributed by atoms with Gasteiger partial charge in [-0.3, -0.25) is 4.79 Å². The van der Waals surface area contributed by atoms with E-state index in [9.17, 15) is 20.6 Å². The fraction of sp³-hybridized carbons (Fsp3) is 0.103. The highest BCUT2D eigenvalue weighted by Crippen LogP contribution is 2.39. The Morgan fingerprint density at radius 3 is 2.24 bits per heavy atom. The van der Waals surface area contributed by atoms with E-state index in [4.69, 9.17) is 0 Å². The first kappa shape index (κ1) is 24.0. The molecule has 0 bridgehead atoms. The third-order valence-corrected chi connectivity index (χ3v) is 8.42. The molecule has 2 aromatic heterocycles. The van der Waals surface area contributed by atoms with E-state index >= 15 is 0 Å². The van der Waals surface area contributed by atoms with Crippen molar-refractivity contribution in [2.24, 2.45) is 0 Å². The van der Waals surface area contributed by atoms with E-state index in [0.717, 1.165) is 20.7 Å². The van der Waals surface area contributed by atoms with Crippen LogP contribution in [0.2, 0.25) is 0 Å². The minimum absolute atomic E-state index is 0.0367. The Labute approximate surface area is 222 Å².